The third kappa shape index (κ3) is 4.06. The third-order valence-electron chi connectivity index (χ3n) is 5.03. The number of rotatable bonds is 6. The highest BCUT2D eigenvalue weighted by Crippen LogP contribution is 2.40. The van der Waals surface area contributed by atoms with Gasteiger partial charge < -0.3 is 5.73 Å². The Bertz CT molecular complexity index is 634. The molecular weight excluding hydrogens is 310 g/mol. The van der Waals surface area contributed by atoms with Gasteiger partial charge in [0, 0.05) is 18.9 Å². The topological polar surface area (TPSA) is 67.1 Å². The zero-order valence-corrected chi connectivity index (χ0v) is 15.3. The van der Waals surface area contributed by atoms with Crippen molar-refractivity contribution in [1.82, 2.24) is 20.4 Å². The van der Waals surface area contributed by atoms with E-state index in [1.165, 1.54) is 28.9 Å². The molecule has 0 radical (unpaired) electrons. The first kappa shape index (κ1) is 18.0. The van der Waals surface area contributed by atoms with Crippen molar-refractivity contribution in [2.45, 2.75) is 51.6 Å². The van der Waals surface area contributed by atoms with Crippen LogP contribution >= 0.6 is 0 Å². The molecule has 3 N–H and O–H groups in total. The third-order valence-corrected chi connectivity index (χ3v) is 5.03. The maximum atomic E-state index is 5.70. The standard InChI is InChI=1S/C20H29N5/c1-15-7-4-12-22-19(15)17-9-3-10-18(25(17)24-14-6-11-21)20-16(2)8-5-13-23-20/h4-5,7-8,12-13,17-18,24H,3,6,9-11,14,21H2,1-2H3/t17-,18+. The second-order valence-corrected chi connectivity index (χ2v) is 6.83. The highest BCUT2D eigenvalue weighted by Gasteiger charge is 2.35. The molecule has 5 heteroatoms. The van der Waals surface area contributed by atoms with Crippen LogP contribution in [-0.4, -0.2) is 28.1 Å². The minimum atomic E-state index is 0.263. The Labute approximate surface area is 150 Å². The molecule has 25 heavy (non-hydrogen) atoms. The van der Waals surface area contributed by atoms with E-state index in [4.69, 9.17) is 15.7 Å². The number of nitrogens with one attached hydrogen (secondary N) is 1. The fraction of sp³-hybridized carbons (Fsp3) is 0.500. The number of hydrogen-bond acceptors (Lipinski definition) is 5. The van der Waals surface area contributed by atoms with Crippen molar-refractivity contribution in [3.05, 3.63) is 59.2 Å². The van der Waals surface area contributed by atoms with Gasteiger partial charge in [0.05, 0.1) is 23.5 Å². The minimum absolute atomic E-state index is 0.263. The van der Waals surface area contributed by atoms with E-state index in [9.17, 15) is 0 Å². The predicted octanol–water partition coefficient (Wildman–Crippen LogP) is 3.22. The number of hydrogen-bond donors (Lipinski definition) is 2. The lowest BCUT2D eigenvalue weighted by Gasteiger charge is -2.42. The van der Waals surface area contributed by atoms with E-state index in [1.807, 2.05) is 24.5 Å². The molecule has 2 aromatic rings. The normalized spacial score (nSPS) is 21.4. The van der Waals surface area contributed by atoms with Crippen LogP contribution in [0.15, 0.2) is 36.7 Å². The molecule has 1 aliphatic heterocycles. The van der Waals surface area contributed by atoms with Gasteiger partial charge in [0.1, 0.15) is 0 Å². The molecule has 0 unspecified atom stereocenters. The van der Waals surface area contributed by atoms with Crippen LogP contribution in [0.4, 0.5) is 0 Å². The molecular formula is C20H29N5. The fourth-order valence-electron chi connectivity index (χ4n) is 3.76. The lowest BCUT2D eigenvalue weighted by atomic mass is 9.90. The minimum Gasteiger partial charge on any atom is -0.330 e. The summed E-state index contributed by atoms with van der Waals surface area (Å²) in [5.74, 6) is 0. The van der Waals surface area contributed by atoms with Crippen LogP contribution in [0.1, 0.15) is 60.3 Å². The van der Waals surface area contributed by atoms with Crippen molar-refractivity contribution in [2.75, 3.05) is 13.1 Å². The van der Waals surface area contributed by atoms with E-state index in [1.54, 1.807) is 0 Å². The summed E-state index contributed by atoms with van der Waals surface area (Å²) in [4.78, 5) is 9.41. The number of nitrogens with two attached hydrogens (primary N) is 1. The second-order valence-electron chi connectivity index (χ2n) is 6.83. The summed E-state index contributed by atoms with van der Waals surface area (Å²) in [6.45, 7) is 5.87. The number of aryl methyl sites for hydroxylation is 2. The van der Waals surface area contributed by atoms with Crippen LogP contribution in [-0.2, 0) is 0 Å². The van der Waals surface area contributed by atoms with Crippen LogP contribution in [0.2, 0.25) is 0 Å². The maximum absolute atomic E-state index is 5.70. The molecule has 2 atom stereocenters. The average molecular weight is 339 g/mol. The summed E-state index contributed by atoms with van der Waals surface area (Å²) in [5.41, 5.74) is 14.2. The molecule has 1 aliphatic rings. The van der Waals surface area contributed by atoms with Crippen LogP contribution < -0.4 is 11.2 Å². The van der Waals surface area contributed by atoms with Crippen LogP contribution in [0.3, 0.4) is 0 Å². The van der Waals surface area contributed by atoms with Crippen LogP contribution in [0.5, 0.6) is 0 Å². The first-order chi connectivity index (χ1) is 12.2. The number of hydrazine groups is 1. The molecule has 3 rings (SSSR count). The predicted molar refractivity (Wildman–Crippen MR) is 101 cm³/mol. The highest BCUT2D eigenvalue weighted by atomic mass is 15.5. The van der Waals surface area contributed by atoms with Crippen molar-refractivity contribution in [3.63, 3.8) is 0 Å². The Morgan fingerprint density at radius 3 is 2.08 bits per heavy atom. The van der Waals surface area contributed by atoms with Gasteiger partial charge in [-0.2, -0.15) is 0 Å². The van der Waals surface area contributed by atoms with Gasteiger partial charge in [0.25, 0.3) is 0 Å². The Balaban J connectivity index is 1.94. The zero-order chi connectivity index (χ0) is 17.6. The van der Waals surface area contributed by atoms with E-state index in [-0.39, 0.29) is 12.1 Å². The Hall–Kier alpha value is -1.82. The molecule has 0 amide bonds. The van der Waals surface area contributed by atoms with Gasteiger partial charge in [0.2, 0.25) is 0 Å². The fourth-order valence-corrected chi connectivity index (χ4v) is 3.76. The molecule has 1 saturated heterocycles. The molecule has 5 nitrogen and oxygen atoms in total. The zero-order valence-electron chi connectivity index (χ0n) is 15.3. The van der Waals surface area contributed by atoms with Crippen molar-refractivity contribution >= 4 is 0 Å². The highest BCUT2D eigenvalue weighted by molar-refractivity contribution is 5.25. The van der Waals surface area contributed by atoms with E-state index in [0.29, 0.717) is 6.54 Å². The van der Waals surface area contributed by atoms with Gasteiger partial charge in [-0.25, -0.2) is 5.01 Å². The number of nitrogens with zero attached hydrogens (tertiary/aromatic N) is 3. The largest absolute Gasteiger partial charge is 0.330 e. The summed E-state index contributed by atoms with van der Waals surface area (Å²) < 4.78 is 0. The molecule has 2 aromatic heterocycles. The molecule has 0 aromatic carbocycles. The molecule has 3 heterocycles. The smallest absolute Gasteiger partial charge is 0.0675 e. The molecule has 0 aliphatic carbocycles. The first-order valence-corrected chi connectivity index (χ1v) is 9.27. The van der Waals surface area contributed by atoms with Gasteiger partial charge >= 0.3 is 0 Å². The summed E-state index contributed by atoms with van der Waals surface area (Å²) in [6, 6.07) is 8.84. The molecule has 0 bridgehead atoms. The van der Waals surface area contributed by atoms with E-state index < -0.39 is 0 Å². The van der Waals surface area contributed by atoms with Gasteiger partial charge in [-0.3, -0.25) is 15.4 Å². The molecule has 1 fully saturated rings. The average Bonchev–Trinajstić information content (AvgIpc) is 2.63. The van der Waals surface area contributed by atoms with E-state index >= 15 is 0 Å². The lowest BCUT2D eigenvalue weighted by Crippen LogP contribution is -2.47. The lowest BCUT2D eigenvalue weighted by molar-refractivity contribution is 0.0216. The van der Waals surface area contributed by atoms with Gasteiger partial charge in [-0.15, -0.1) is 0 Å². The Morgan fingerprint density at radius 1 is 1.04 bits per heavy atom. The van der Waals surface area contributed by atoms with Crippen molar-refractivity contribution < 1.29 is 0 Å². The van der Waals surface area contributed by atoms with Crippen LogP contribution in [0, 0.1) is 13.8 Å². The monoisotopic (exact) mass is 339 g/mol. The van der Waals surface area contributed by atoms with Crippen molar-refractivity contribution in [3.8, 4) is 0 Å². The quantitative estimate of drug-likeness (QED) is 0.791. The van der Waals surface area contributed by atoms with E-state index in [0.717, 1.165) is 25.8 Å². The summed E-state index contributed by atoms with van der Waals surface area (Å²) in [5, 5.41) is 2.39. The van der Waals surface area contributed by atoms with E-state index in [2.05, 4.69) is 36.4 Å². The molecule has 134 valence electrons. The number of aromatic nitrogens is 2. The number of pyridine rings is 2. The summed E-state index contributed by atoms with van der Waals surface area (Å²) >= 11 is 0. The Morgan fingerprint density at radius 2 is 1.60 bits per heavy atom. The van der Waals surface area contributed by atoms with Crippen molar-refractivity contribution in [1.29, 1.82) is 0 Å². The molecule has 0 spiro atoms. The second kappa shape index (κ2) is 8.52. The number of piperidine rings is 1. The van der Waals surface area contributed by atoms with Gasteiger partial charge in [0.15, 0.2) is 0 Å². The maximum Gasteiger partial charge on any atom is 0.0675 e. The molecule has 0 saturated carbocycles. The van der Waals surface area contributed by atoms with Crippen LogP contribution in [0.25, 0.3) is 0 Å². The summed E-state index contributed by atoms with van der Waals surface area (Å²) in [6.07, 6.45) is 8.15. The SMILES string of the molecule is Cc1cccnc1[C@H]1CCC[C@@H](c2ncccc2C)N1NCCCN. The first-order valence-electron chi connectivity index (χ1n) is 9.27. The van der Waals surface area contributed by atoms with Gasteiger partial charge in [-0.1, -0.05) is 12.1 Å². The Kier molecular flexibility index (Phi) is 6.13. The van der Waals surface area contributed by atoms with Gasteiger partial charge in [-0.05, 0) is 69.3 Å². The van der Waals surface area contributed by atoms with Crippen molar-refractivity contribution in [2.24, 2.45) is 5.73 Å². The summed E-state index contributed by atoms with van der Waals surface area (Å²) in [7, 11) is 0.